The van der Waals surface area contributed by atoms with E-state index >= 15 is 0 Å². The van der Waals surface area contributed by atoms with Gasteiger partial charge in [0.2, 0.25) is 5.95 Å². The van der Waals surface area contributed by atoms with Crippen molar-refractivity contribution in [2.45, 2.75) is 82.7 Å². The number of benzene rings is 1. The van der Waals surface area contributed by atoms with Crippen molar-refractivity contribution in [3.05, 3.63) is 59.7 Å². The fourth-order valence-corrected chi connectivity index (χ4v) is 6.56. The second kappa shape index (κ2) is 14.8. The number of aromatic nitrogens is 4. The van der Waals surface area contributed by atoms with Crippen LogP contribution in [-0.4, -0.2) is 92.6 Å². The standard InChI is InChI=1S/C33H39F6N7O4/c1-5-25-10-27(11-26(6-2)46(25)31(48)50-28-17-44(18-28)19-29(47)49-4)45(30-40-12-21(13-41-30)22-14-42-43(3)16-22)15-20-7-23(32(34,35)36)9-24(8-20)33(37,38)39/h7-9,12-14,16,25-28H,5-6,10-11,15,17-19H2,1-4H3/t25-,26+,27+. The van der Waals surface area contributed by atoms with Crippen molar-refractivity contribution in [1.82, 2.24) is 29.5 Å². The quantitative estimate of drug-likeness (QED) is 0.187. The molecule has 2 aliphatic rings. The third kappa shape index (κ3) is 8.47. The summed E-state index contributed by atoms with van der Waals surface area (Å²) in [6, 6.07) is 0.365. The van der Waals surface area contributed by atoms with Crippen LogP contribution in [0.1, 0.15) is 56.2 Å². The van der Waals surface area contributed by atoms with Crippen LogP contribution in [0.4, 0.5) is 37.1 Å². The number of methoxy groups -OCH3 is 1. The van der Waals surface area contributed by atoms with Gasteiger partial charge in [0, 0.05) is 74.5 Å². The Labute approximate surface area is 285 Å². The third-order valence-electron chi connectivity index (χ3n) is 9.17. The lowest BCUT2D eigenvalue weighted by Crippen LogP contribution is -2.60. The number of anilines is 1. The Bertz CT molecular complexity index is 1600. The molecule has 1 aromatic carbocycles. The Morgan fingerprint density at radius 2 is 1.48 bits per heavy atom. The van der Waals surface area contributed by atoms with E-state index in [4.69, 9.17) is 4.74 Å². The number of alkyl halides is 6. The Balaban J connectivity index is 1.44. The molecule has 2 aromatic heterocycles. The molecule has 2 fully saturated rings. The van der Waals surface area contributed by atoms with Crippen molar-refractivity contribution >= 4 is 18.0 Å². The minimum absolute atomic E-state index is 0.0859. The van der Waals surface area contributed by atoms with E-state index in [0.717, 1.165) is 17.7 Å². The van der Waals surface area contributed by atoms with Gasteiger partial charge >= 0.3 is 24.4 Å². The summed E-state index contributed by atoms with van der Waals surface area (Å²) >= 11 is 0. The highest BCUT2D eigenvalue weighted by Crippen LogP contribution is 2.38. The fourth-order valence-electron chi connectivity index (χ4n) is 6.56. The SMILES string of the molecule is CC[C@@H]1C[C@H](N(Cc2cc(C(F)(F)F)cc(C(F)(F)F)c2)c2ncc(-c3cnn(C)c3)cn2)C[C@H](CC)N1C(=O)OC1CN(CC(=O)OC)C1. The number of carbonyl (C=O) groups is 2. The van der Waals surface area contributed by atoms with Gasteiger partial charge in [0.1, 0.15) is 6.10 Å². The molecular formula is C33H39F6N7O4. The highest BCUT2D eigenvalue weighted by atomic mass is 19.4. The molecule has 4 heterocycles. The van der Waals surface area contributed by atoms with Crippen LogP contribution in [0.15, 0.2) is 43.0 Å². The molecule has 5 rings (SSSR count). The van der Waals surface area contributed by atoms with Gasteiger partial charge < -0.3 is 19.3 Å². The number of carbonyl (C=O) groups excluding carboxylic acids is 2. The lowest BCUT2D eigenvalue weighted by molar-refractivity contribution is -0.145. The Kier molecular flexibility index (Phi) is 10.9. The van der Waals surface area contributed by atoms with E-state index in [-0.39, 0.29) is 42.8 Å². The maximum atomic E-state index is 13.8. The molecule has 2 aliphatic heterocycles. The average molecular weight is 712 g/mol. The van der Waals surface area contributed by atoms with E-state index in [2.05, 4.69) is 19.8 Å². The summed E-state index contributed by atoms with van der Waals surface area (Å²) in [6.07, 6.45) is -2.82. The first-order valence-electron chi connectivity index (χ1n) is 16.2. The summed E-state index contributed by atoms with van der Waals surface area (Å²) in [5.74, 6) is -0.275. The first kappa shape index (κ1) is 36.9. The molecule has 0 aliphatic carbocycles. The van der Waals surface area contributed by atoms with Crippen molar-refractivity contribution in [1.29, 1.82) is 0 Å². The van der Waals surface area contributed by atoms with Crippen molar-refractivity contribution in [2.24, 2.45) is 7.05 Å². The summed E-state index contributed by atoms with van der Waals surface area (Å²) in [6.45, 7) is 4.28. The molecule has 3 aromatic rings. The van der Waals surface area contributed by atoms with E-state index in [1.807, 2.05) is 13.8 Å². The number of ether oxygens (including phenoxy) is 2. The highest BCUT2D eigenvalue weighted by molar-refractivity contribution is 5.72. The lowest BCUT2D eigenvalue weighted by atomic mass is 9.87. The molecular weight excluding hydrogens is 672 g/mol. The molecule has 272 valence electrons. The maximum absolute atomic E-state index is 13.8. The number of nitrogens with zero attached hydrogens (tertiary/aromatic N) is 7. The van der Waals surface area contributed by atoms with Gasteiger partial charge in [-0.05, 0) is 49.4 Å². The van der Waals surface area contributed by atoms with Crippen LogP contribution in [0, 0.1) is 0 Å². The van der Waals surface area contributed by atoms with E-state index in [0.29, 0.717) is 44.3 Å². The highest BCUT2D eigenvalue weighted by Gasteiger charge is 2.43. The molecule has 0 radical (unpaired) electrons. The number of aryl methyl sites for hydroxylation is 1. The number of likely N-dealkylation sites (tertiary alicyclic amines) is 2. The molecule has 17 heteroatoms. The van der Waals surface area contributed by atoms with Gasteiger partial charge in [0.15, 0.2) is 0 Å². The van der Waals surface area contributed by atoms with E-state index in [1.54, 1.807) is 38.8 Å². The Morgan fingerprint density at radius 1 is 0.900 bits per heavy atom. The lowest BCUT2D eigenvalue weighted by Gasteiger charge is -2.48. The van der Waals surface area contributed by atoms with E-state index < -0.39 is 47.7 Å². The smallest absolute Gasteiger partial charge is 0.416 e. The molecule has 11 nitrogen and oxygen atoms in total. The van der Waals surface area contributed by atoms with Crippen LogP contribution in [0.2, 0.25) is 0 Å². The van der Waals surface area contributed by atoms with Crippen LogP contribution >= 0.6 is 0 Å². The summed E-state index contributed by atoms with van der Waals surface area (Å²) in [5, 5.41) is 4.14. The zero-order valence-electron chi connectivity index (χ0n) is 28.0. The second-order valence-electron chi connectivity index (χ2n) is 12.6. The number of amides is 1. The first-order valence-corrected chi connectivity index (χ1v) is 16.2. The van der Waals surface area contributed by atoms with E-state index in [1.165, 1.54) is 19.5 Å². The summed E-state index contributed by atoms with van der Waals surface area (Å²) in [4.78, 5) is 39.2. The molecule has 3 atom stereocenters. The van der Waals surface area contributed by atoms with Crippen LogP contribution < -0.4 is 4.90 Å². The fraction of sp³-hybridized carbons (Fsp3) is 0.545. The summed E-state index contributed by atoms with van der Waals surface area (Å²) in [7, 11) is 3.04. The Morgan fingerprint density at radius 3 is 1.96 bits per heavy atom. The molecule has 0 unspecified atom stereocenters. The number of hydrogen-bond acceptors (Lipinski definition) is 9. The molecule has 50 heavy (non-hydrogen) atoms. The van der Waals surface area contributed by atoms with Gasteiger partial charge in [-0.2, -0.15) is 31.4 Å². The van der Waals surface area contributed by atoms with Gasteiger partial charge in [0.25, 0.3) is 0 Å². The van der Waals surface area contributed by atoms with Gasteiger partial charge in [-0.3, -0.25) is 14.4 Å². The first-order chi connectivity index (χ1) is 23.6. The van der Waals surface area contributed by atoms with Crippen LogP contribution in [0.25, 0.3) is 11.1 Å². The number of piperidine rings is 1. The normalized spacial score (nSPS) is 20.4. The predicted molar refractivity (Wildman–Crippen MR) is 169 cm³/mol. The molecule has 2 saturated heterocycles. The van der Waals surface area contributed by atoms with Crippen molar-refractivity contribution in [2.75, 3.05) is 31.6 Å². The van der Waals surface area contributed by atoms with E-state index in [9.17, 15) is 35.9 Å². The zero-order valence-corrected chi connectivity index (χ0v) is 28.0. The molecule has 0 bridgehead atoms. The minimum atomic E-state index is -5.01. The second-order valence-corrected chi connectivity index (χ2v) is 12.6. The number of hydrogen-bond donors (Lipinski definition) is 0. The van der Waals surface area contributed by atoms with Crippen LogP contribution in [0.3, 0.4) is 0 Å². The zero-order chi connectivity index (χ0) is 36.4. The van der Waals surface area contributed by atoms with Gasteiger partial charge in [0.05, 0.1) is 31.0 Å². The minimum Gasteiger partial charge on any atom is -0.468 e. The van der Waals surface area contributed by atoms with Gasteiger partial charge in [-0.25, -0.2) is 14.8 Å². The third-order valence-corrected chi connectivity index (χ3v) is 9.17. The molecule has 0 spiro atoms. The topological polar surface area (TPSA) is 106 Å². The largest absolute Gasteiger partial charge is 0.468 e. The number of rotatable bonds is 10. The predicted octanol–water partition coefficient (Wildman–Crippen LogP) is 5.94. The molecule has 0 N–H and O–H groups in total. The summed E-state index contributed by atoms with van der Waals surface area (Å²) in [5.41, 5.74) is -1.69. The maximum Gasteiger partial charge on any atom is 0.416 e. The Hall–Kier alpha value is -4.41. The molecule has 0 saturated carbocycles. The average Bonchev–Trinajstić information content (AvgIpc) is 3.50. The van der Waals surface area contributed by atoms with Crippen LogP contribution in [0.5, 0.6) is 0 Å². The van der Waals surface area contributed by atoms with Crippen molar-refractivity contribution in [3.63, 3.8) is 0 Å². The van der Waals surface area contributed by atoms with Gasteiger partial charge in [-0.1, -0.05) is 13.8 Å². The van der Waals surface area contributed by atoms with Crippen LogP contribution in [-0.2, 0) is 40.2 Å². The monoisotopic (exact) mass is 711 g/mol. The molecule has 1 amide bonds. The van der Waals surface area contributed by atoms with Crippen molar-refractivity contribution in [3.8, 4) is 11.1 Å². The van der Waals surface area contributed by atoms with Crippen molar-refractivity contribution < 1.29 is 45.4 Å². The van der Waals surface area contributed by atoms with Gasteiger partial charge in [-0.15, -0.1) is 0 Å². The number of halogens is 6. The number of esters is 1. The summed E-state index contributed by atoms with van der Waals surface area (Å²) < 4.78 is 94.9.